The molecule has 0 spiro atoms. The molecule has 0 atom stereocenters. The lowest BCUT2D eigenvalue weighted by molar-refractivity contribution is -0.322. The average Bonchev–Trinajstić information content (AvgIpc) is 1.94. The number of nitrogens with one attached hydrogen (secondary N) is 1. The van der Waals surface area contributed by atoms with Crippen LogP contribution in [0.4, 0.5) is 13.2 Å². The van der Waals surface area contributed by atoms with Gasteiger partial charge in [0.2, 0.25) is 0 Å². The first-order valence-corrected chi connectivity index (χ1v) is 6.22. The van der Waals surface area contributed by atoms with Gasteiger partial charge in [-0.25, -0.2) is 8.42 Å². The Labute approximate surface area is 85.7 Å². The summed E-state index contributed by atoms with van der Waals surface area (Å²) in [6.45, 7) is 0.394. The topological polar surface area (TPSA) is 55.4 Å². The van der Waals surface area contributed by atoms with Gasteiger partial charge >= 0.3 is 6.36 Å². The second kappa shape index (κ2) is 4.67. The lowest BCUT2D eigenvalue weighted by Crippen LogP contribution is -2.46. The first kappa shape index (κ1) is 12.7. The second-order valence-electron chi connectivity index (χ2n) is 3.43. The highest BCUT2D eigenvalue weighted by atomic mass is 32.2. The molecule has 1 N–H and O–H groups in total. The molecule has 0 amide bonds. The Balaban J connectivity index is 2.23. The fraction of sp³-hybridized carbons (Fsp3) is 1.00. The summed E-state index contributed by atoms with van der Waals surface area (Å²) in [6, 6.07) is 0. The summed E-state index contributed by atoms with van der Waals surface area (Å²) in [7, 11) is -3.43. The van der Waals surface area contributed by atoms with Gasteiger partial charge in [0.25, 0.3) is 0 Å². The highest BCUT2D eigenvalue weighted by Crippen LogP contribution is 2.16. The molecule has 1 aliphatic rings. The molecule has 0 aromatic carbocycles. The lowest BCUT2D eigenvalue weighted by atomic mass is 10.1. The molecule has 90 valence electrons. The third-order valence-electron chi connectivity index (χ3n) is 2.02. The van der Waals surface area contributed by atoms with Crippen molar-refractivity contribution in [3.8, 4) is 0 Å². The molecule has 1 fully saturated rings. The highest BCUT2D eigenvalue weighted by molar-refractivity contribution is 7.91. The van der Waals surface area contributed by atoms with Crippen molar-refractivity contribution in [3.05, 3.63) is 0 Å². The molecule has 0 aliphatic carbocycles. The van der Waals surface area contributed by atoms with Gasteiger partial charge in [0.15, 0.2) is 9.84 Å². The molecule has 4 nitrogen and oxygen atoms in total. The Morgan fingerprint density at radius 3 is 2.33 bits per heavy atom. The predicted molar refractivity (Wildman–Crippen MR) is 47.0 cm³/mol. The number of hydrogen-bond donors (Lipinski definition) is 1. The van der Waals surface area contributed by atoms with Crippen LogP contribution >= 0.6 is 0 Å². The summed E-state index contributed by atoms with van der Waals surface area (Å²) < 4.78 is 60.5. The van der Waals surface area contributed by atoms with Crippen LogP contribution in [0.3, 0.4) is 0 Å². The maximum Gasteiger partial charge on any atom is 0.522 e. The van der Waals surface area contributed by atoms with Crippen LogP contribution in [-0.2, 0) is 14.6 Å². The standard InChI is InChI=1S/C7H12F3NO3S/c8-7(9,10)14-1-2-15(12,13)5-6-3-11-4-6/h6,11H,1-5H2. The molecular weight excluding hydrogens is 235 g/mol. The summed E-state index contributed by atoms with van der Waals surface area (Å²) in [5.41, 5.74) is 0. The van der Waals surface area contributed by atoms with Crippen molar-refractivity contribution in [3.63, 3.8) is 0 Å². The molecule has 0 bridgehead atoms. The van der Waals surface area contributed by atoms with E-state index in [2.05, 4.69) is 10.1 Å². The Morgan fingerprint density at radius 1 is 1.33 bits per heavy atom. The minimum Gasteiger partial charge on any atom is -0.316 e. The Bertz CT molecular complexity index is 297. The number of hydrogen-bond acceptors (Lipinski definition) is 4. The first-order valence-electron chi connectivity index (χ1n) is 4.40. The van der Waals surface area contributed by atoms with Crippen LogP contribution in [0.1, 0.15) is 0 Å². The molecule has 0 aromatic rings. The second-order valence-corrected chi connectivity index (χ2v) is 5.66. The summed E-state index contributed by atoms with van der Waals surface area (Å²) in [4.78, 5) is 0. The SMILES string of the molecule is O=S(=O)(CCOC(F)(F)F)CC1CNC1. The van der Waals surface area contributed by atoms with Gasteiger partial charge in [-0.2, -0.15) is 0 Å². The normalized spacial score (nSPS) is 18.9. The van der Waals surface area contributed by atoms with E-state index in [1.165, 1.54) is 0 Å². The number of halogens is 3. The summed E-state index contributed by atoms with van der Waals surface area (Å²) >= 11 is 0. The molecule has 8 heteroatoms. The smallest absolute Gasteiger partial charge is 0.316 e. The molecule has 1 saturated heterocycles. The number of alkyl halides is 3. The van der Waals surface area contributed by atoms with Crippen molar-refractivity contribution in [2.45, 2.75) is 6.36 Å². The third kappa shape index (κ3) is 5.33. The van der Waals surface area contributed by atoms with Crippen LogP contribution in [0.15, 0.2) is 0 Å². The van der Waals surface area contributed by atoms with Crippen LogP contribution in [0.25, 0.3) is 0 Å². The third-order valence-corrected chi connectivity index (χ3v) is 3.78. The van der Waals surface area contributed by atoms with Gasteiger partial charge in [-0.15, -0.1) is 13.2 Å². The molecule has 1 rings (SSSR count). The van der Waals surface area contributed by atoms with Crippen molar-refractivity contribution < 1.29 is 26.3 Å². The van der Waals surface area contributed by atoms with E-state index in [1.807, 2.05) is 0 Å². The van der Waals surface area contributed by atoms with E-state index in [4.69, 9.17) is 0 Å². The van der Waals surface area contributed by atoms with Gasteiger partial charge in [-0.1, -0.05) is 0 Å². The predicted octanol–water partition coefficient (Wildman–Crippen LogP) is 0.157. The Kier molecular flexibility index (Phi) is 3.96. The molecule has 1 aliphatic heterocycles. The van der Waals surface area contributed by atoms with Crippen molar-refractivity contribution in [2.75, 3.05) is 31.2 Å². The fourth-order valence-corrected chi connectivity index (χ4v) is 2.65. The van der Waals surface area contributed by atoms with Gasteiger partial charge in [0.05, 0.1) is 18.1 Å². The maximum atomic E-state index is 11.5. The van der Waals surface area contributed by atoms with E-state index in [-0.39, 0.29) is 11.7 Å². The van der Waals surface area contributed by atoms with Gasteiger partial charge in [-0.3, -0.25) is 4.74 Å². The minimum atomic E-state index is -4.76. The van der Waals surface area contributed by atoms with Crippen LogP contribution < -0.4 is 5.32 Å². The van der Waals surface area contributed by atoms with Crippen molar-refractivity contribution in [2.24, 2.45) is 5.92 Å². The van der Waals surface area contributed by atoms with E-state index in [0.717, 1.165) is 0 Å². The zero-order chi connectivity index (χ0) is 11.5. The maximum absolute atomic E-state index is 11.5. The number of ether oxygens (including phenoxy) is 1. The fourth-order valence-electron chi connectivity index (χ4n) is 1.19. The average molecular weight is 247 g/mol. The molecule has 15 heavy (non-hydrogen) atoms. The van der Waals surface area contributed by atoms with E-state index in [9.17, 15) is 21.6 Å². The molecular formula is C7H12F3NO3S. The van der Waals surface area contributed by atoms with Crippen molar-refractivity contribution in [1.29, 1.82) is 0 Å². The van der Waals surface area contributed by atoms with Crippen LogP contribution in [0, 0.1) is 5.92 Å². The van der Waals surface area contributed by atoms with Gasteiger partial charge in [0, 0.05) is 13.1 Å². The highest BCUT2D eigenvalue weighted by Gasteiger charge is 2.30. The number of sulfone groups is 1. The molecule has 0 radical (unpaired) electrons. The zero-order valence-corrected chi connectivity index (χ0v) is 8.70. The molecule has 0 saturated carbocycles. The van der Waals surface area contributed by atoms with Crippen LogP contribution in [0.5, 0.6) is 0 Å². The van der Waals surface area contributed by atoms with Crippen molar-refractivity contribution >= 4 is 9.84 Å². The molecule has 0 aromatic heterocycles. The summed E-state index contributed by atoms with van der Waals surface area (Å²) in [6.07, 6.45) is -4.76. The zero-order valence-electron chi connectivity index (χ0n) is 7.88. The van der Waals surface area contributed by atoms with E-state index in [0.29, 0.717) is 13.1 Å². The monoisotopic (exact) mass is 247 g/mol. The lowest BCUT2D eigenvalue weighted by Gasteiger charge is -2.26. The Hall–Kier alpha value is -0.340. The summed E-state index contributed by atoms with van der Waals surface area (Å²) in [5, 5.41) is 2.89. The number of rotatable bonds is 5. The minimum absolute atomic E-state index is 0.0286. The van der Waals surface area contributed by atoms with E-state index in [1.54, 1.807) is 0 Å². The molecule has 0 unspecified atom stereocenters. The summed E-state index contributed by atoms with van der Waals surface area (Å²) in [5.74, 6) is -0.620. The van der Waals surface area contributed by atoms with E-state index >= 15 is 0 Å². The Morgan fingerprint density at radius 2 is 1.93 bits per heavy atom. The van der Waals surface area contributed by atoms with Gasteiger partial charge in [0.1, 0.15) is 0 Å². The van der Waals surface area contributed by atoms with Crippen LogP contribution in [0.2, 0.25) is 0 Å². The first-order chi connectivity index (χ1) is 6.79. The quantitative estimate of drug-likeness (QED) is 0.751. The van der Waals surface area contributed by atoms with Gasteiger partial charge < -0.3 is 5.32 Å². The van der Waals surface area contributed by atoms with E-state index < -0.39 is 28.6 Å². The molecule has 1 heterocycles. The largest absolute Gasteiger partial charge is 0.522 e. The van der Waals surface area contributed by atoms with Gasteiger partial charge in [-0.05, 0) is 5.92 Å². The van der Waals surface area contributed by atoms with Crippen LogP contribution in [-0.4, -0.2) is 46.0 Å². The van der Waals surface area contributed by atoms with Crippen molar-refractivity contribution in [1.82, 2.24) is 5.32 Å².